The van der Waals surface area contributed by atoms with Gasteiger partial charge < -0.3 is 0 Å². The molecule has 96 valence electrons. The fourth-order valence-corrected chi connectivity index (χ4v) is 1.28. The smallest absolute Gasteiger partial charge is 0.271 e. The van der Waals surface area contributed by atoms with E-state index in [2.05, 4.69) is 0 Å². The lowest BCUT2D eigenvalue weighted by atomic mass is 10.0. The molecule has 0 amide bonds. The maximum absolute atomic E-state index is 12.5. The largest absolute Gasteiger partial charge is 0.416 e. The van der Waals surface area contributed by atoms with Crippen molar-refractivity contribution in [3.05, 3.63) is 34.9 Å². The van der Waals surface area contributed by atoms with Crippen molar-refractivity contribution in [1.82, 2.24) is 5.43 Å². The molecule has 0 saturated heterocycles. The Kier molecular flexibility index (Phi) is 3.68. The van der Waals surface area contributed by atoms with Gasteiger partial charge >= 0.3 is 12.4 Å². The van der Waals surface area contributed by atoms with Crippen LogP contribution >= 0.6 is 0 Å². The molecule has 0 bridgehead atoms. The van der Waals surface area contributed by atoms with Crippen LogP contribution in [0.1, 0.15) is 16.7 Å². The average Bonchev–Trinajstić information content (AvgIpc) is 2.15. The second-order valence-corrected chi connectivity index (χ2v) is 3.25. The van der Waals surface area contributed by atoms with E-state index in [1.54, 1.807) is 0 Å². The fraction of sp³-hybridized carbons (Fsp3) is 0.333. The Balaban J connectivity index is 3.30. The van der Waals surface area contributed by atoms with Crippen LogP contribution in [0.4, 0.5) is 26.3 Å². The quantitative estimate of drug-likeness (QED) is 0.486. The standard InChI is InChI=1S/C9H8F6N2/c10-8(11,12)6-2-1-5(4-17-16)7(3-6)9(13,14)15/h1-3,17H,4,16H2. The number of rotatable bonds is 2. The predicted octanol–water partition coefficient (Wildman–Crippen LogP) is 2.69. The summed E-state index contributed by atoms with van der Waals surface area (Å²) in [5, 5.41) is 0. The minimum atomic E-state index is -4.85. The van der Waals surface area contributed by atoms with Crippen molar-refractivity contribution in [2.24, 2.45) is 5.84 Å². The van der Waals surface area contributed by atoms with Crippen LogP contribution in [-0.2, 0) is 18.9 Å². The van der Waals surface area contributed by atoms with Gasteiger partial charge in [0.15, 0.2) is 0 Å². The SMILES string of the molecule is NNCc1ccc(C(F)(F)F)cc1C(F)(F)F. The Bertz CT molecular complexity index is 395. The van der Waals surface area contributed by atoms with E-state index in [0.29, 0.717) is 6.07 Å². The third-order valence-electron chi connectivity index (χ3n) is 2.04. The van der Waals surface area contributed by atoms with Crippen molar-refractivity contribution in [2.75, 3.05) is 0 Å². The van der Waals surface area contributed by atoms with Gasteiger partial charge in [-0.15, -0.1) is 0 Å². The fourth-order valence-electron chi connectivity index (χ4n) is 1.28. The summed E-state index contributed by atoms with van der Waals surface area (Å²) in [5.74, 6) is 4.86. The number of hydrogen-bond acceptors (Lipinski definition) is 2. The van der Waals surface area contributed by atoms with Crippen LogP contribution in [0.3, 0.4) is 0 Å². The van der Waals surface area contributed by atoms with E-state index in [4.69, 9.17) is 5.84 Å². The molecule has 1 aromatic rings. The molecule has 0 aromatic heterocycles. The van der Waals surface area contributed by atoms with Crippen LogP contribution in [0.25, 0.3) is 0 Å². The summed E-state index contributed by atoms with van der Waals surface area (Å²) < 4.78 is 74.3. The van der Waals surface area contributed by atoms with Crippen LogP contribution in [0.15, 0.2) is 18.2 Å². The van der Waals surface area contributed by atoms with E-state index in [0.717, 1.165) is 6.07 Å². The molecule has 1 rings (SSSR count). The molecule has 0 aliphatic heterocycles. The molecular formula is C9H8F6N2. The molecule has 0 radical (unpaired) electrons. The molecule has 2 nitrogen and oxygen atoms in total. The maximum Gasteiger partial charge on any atom is 0.416 e. The van der Waals surface area contributed by atoms with E-state index in [1.165, 1.54) is 0 Å². The molecule has 1 aromatic carbocycles. The lowest BCUT2D eigenvalue weighted by Gasteiger charge is -2.15. The number of halogens is 6. The third kappa shape index (κ3) is 3.34. The molecule has 3 N–H and O–H groups in total. The summed E-state index contributed by atoms with van der Waals surface area (Å²) in [7, 11) is 0. The normalized spacial score (nSPS) is 12.9. The van der Waals surface area contributed by atoms with E-state index < -0.39 is 23.5 Å². The minimum Gasteiger partial charge on any atom is -0.271 e. The number of hydrazine groups is 1. The first-order valence-electron chi connectivity index (χ1n) is 4.37. The first kappa shape index (κ1) is 13.8. The van der Waals surface area contributed by atoms with Gasteiger partial charge in [-0.05, 0) is 17.7 Å². The Hall–Kier alpha value is -1.28. The first-order valence-corrected chi connectivity index (χ1v) is 4.37. The van der Waals surface area contributed by atoms with Crippen LogP contribution < -0.4 is 11.3 Å². The van der Waals surface area contributed by atoms with Gasteiger partial charge in [0.25, 0.3) is 0 Å². The van der Waals surface area contributed by atoms with Gasteiger partial charge in [0, 0.05) is 6.54 Å². The molecule has 0 fully saturated rings. The predicted molar refractivity (Wildman–Crippen MR) is 47.5 cm³/mol. The summed E-state index contributed by atoms with van der Waals surface area (Å²) in [6.45, 7) is -0.368. The molecule has 0 aliphatic rings. The van der Waals surface area contributed by atoms with E-state index >= 15 is 0 Å². The number of alkyl halides is 6. The first-order chi connectivity index (χ1) is 7.66. The van der Waals surface area contributed by atoms with Crippen molar-refractivity contribution in [2.45, 2.75) is 18.9 Å². The van der Waals surface area contributed by atoms with E-state index in [-0.39, 0.29) is 18.2 Å². The van der Waals surface area contributed by atoms with Gasteiger partial charge in [0.2, 0.25) is 0 Å². The monoisotopic (exact) mass is 258 g/mol. The highest BCUT2D eigenvalue weighted by atomic mass is 19.4. The summed E-state index contributed by atoms with van der Waals surface area (Å²) in [6, 6.07) is 1.42. The zero-order valence-electron chi connectivity index (χ0n) is 8.28. The zero-order valence-corrected chi connectivity index (χ0v) is 8.28. The third-order valence-corrected chi connectivity index (χ3v) is 2.04. The second-order valence-electron chi connectivity index (χ2n) is 3.25. The highest BCUT2D eigenvalue weighted by molar-refractivity contribution is 5.35. The maximum atomic E-state index is 12.5. The topological polar surface area (TPSA) is 38.0 Å². The Morgan fingerprint density at radius 1 is 1.00 bits per heavy atom. The van der Waals surface area contributed by atoms with Crippen molar-refractivity contribution < 1.29 is 26.3 Å². The van der Waals surface area contributed by atoms with Crippen LogP contribution in [-0.4, -0.2) is 0 Å². The van der Waals surface area contributed by atoms with Crippen molar-refractivity contribution in [3.63, 3.8) is 0 Å². The summed E-state index contributed by atoms with van der Waals surface area (Å²) in [6.07, 6.45) is -9.66. The molecular weight excluding hydrogens is 250 g/mol. The zero-order chi connectivity index (χ0) is 13.3. The van der Waals surface area contributed by atoms with Crippen molar-refractivity contribution >= 4 is 0 Å². The molecule has 0 heterocycles. The molecule has 8 heteroatoms. The van der Waals surface area contributed by atoms with Crippen LogP contribution in [0.5, 0.6) is 0 Å². The highest BCUT2D eigenvalue weighted by Crippen LogP contribution is 2.37. The van der Waals surface area contributed by atoms with Crippen molar-refractivity contribution in [3.8, 4) is 0 Å². The Morgan fingerprint density at radius 3 is 2.00 bits per heavy atom. The van der Waals surface area contributed by atoms with Gasteiger partial charge in [-0.3, -0.25) is 11.3 Å². The number of hydrogen-bond donors (Lipinski definition) is 2. The van der Waals surface area contributed by atoms with Gasteiger partial charge in [0.05, 0.1) is 11.1 Å². The summed E-state index contributed by atoms with van der Waals surface area (Å²) in [5.41, 5.74) is -1.05. The number of benzene rings is 1. The van der Waals surface area contributed by atoms with Gasteiger partial charge in [-0.1, -0.05) is 6.07 Å². The Labute approximate surface area is 92.4 Å². The Morgan fingerprint density at radius 2 is 1.59 bits per heavy atom. The number of nitrogens with one attached hydrogen (secondary N) is 1. The number of nitrogens with two attached hydrogens (primary N) is 1. The van der Waals surface area contributed by atoms with Gasteiger partial charge in [-0.2, -0.15) is 26.3 Å². The van der Waals surface area contributed by atoms with Gasteiger partial charge in [-0.25, -0.2) is 0 Å². The van der Waals surface area contributed by atoms with Crippen molar-refractivity contribution in [1.29, 1.82) is 0 Å². The van der Waals surface area contributed by atoms with Crippen LogP contribution in [0, 0.1) is 0 Å². The lowest BCUT2D eigenvalue weighted by Crippen LogP contribution is -2.23. The van der Waals surface area contributed by atoms with E-state index in [1.807, 2.05) is 5.43 Å². The lowest BCUT2D eigenvalue weighted by molar-refractivity contribution is -0.143. The summed E-state index contributed by atoms with van der Waals surface area (Å²) in [4.78, 5) is 0. The molecule has 0 aliphatic carbocycles. The summed E-state index contributed by atoms with van der Waals surface area (Å²) >= 11 is 0. The molecule has 0 atom stereocenters. The van der Waals surface area contributed by atoms with E-state index in [9.17, 15) is 26.3 Å². The molecule has 0 saturated carbocycles. The molecule has 0 unspecified atom stereocenters. The molecule has 17 heavy (non-hydrogen) atoms. The average molecular weight is 258 g/mol. The van der Waals surface area contributed by atoms with Gasteiger partial charge in [0.1, 0.15) is 0 Å². The van der Waals surface area contributed by atoms with Crippen LogP contribution in [0.2, 0.25) is 0 Å². The second kappa shape index (κ2) is 4.53. The molecule has 0 spiro atoms. The highest BCUT2D eigenvalue weighted by Gasteiger charge is 2.37. The minimum absolute atomic E-state index is 0.0761.